The zero-order chi connectivity index (χ0) is 22.2. The number of aryl methyl sites for hydroxylation is 1. The summed E-state index contributed by atoms with van der Waals surface area (Å²) in [6.07, 6.45) is 1.96. The number of rotatable bonds is 8. The van der Waals surface area contributed by atoms with E-state index in [9.17, 15) is 19.2 Å². The fourth-order valence-corrected chi connectivity index (χ4v) is 3.23. The van der Waals surface area contributed by atoms with E-state index in [0.29, 0.717) is 17.0 Å². The number of benzene rings is 2. The number of nitrogens with zero attached hydrogens (tertiary/aromatic N) is 1. The maximum Gasteiger partial charge on any atom is 0.265 e. The van der Waals surface area contributed by atoms with Crippen molar-refractivity contribution < 1.29 is 23.9 Å². The molecular formula is C23H25N3O5. The van der Waals surface area contributed by atoms with Gasteiger partial charge in [0.25, 0.3) is 11.8 Å². The minimum Gasteiger partial charge on any atom is -0.482 e. The second-order valence-electron chi connectivity index (χ2n) is 7.20. The molecule has 1 heterocycles. The van der Waals surface area contributed by atoms with Crippen LogP contribution in [-0.2, 0) is 20.8 Å². The molecule has 1 aliphatic heterocycles. The molecule has 0 aliphatic carbocycles. The van der Waals surface area contributed by atoms with Gasteiger partial charge in [0.2, 0.25) is 5.91 Å². The Hall–Kier alpha value is -3.68. The molecule has 0 saturated heterocycles. The standard InChI is InChI=1S/C23H25N3O5/c1-2-5-16-8-10-17(11-9-16)19(27)12-13-21(28)24-25-22(29)14-26-18-6-3-4-7-20(18)31-15-23(26)30/h3-4,6-11H,2,5,12-15H2,1H3,(H,24,28)(H,25,29). The molecule has 3 amide bonds. The van der Waals surface area contributed by atoms with Crippen molar-refractivity contribution >= 4 is 29.2 Å². The fraction of sp³-hybridized carbons (Fsp3) is 0.304. The molecule has 8 heteroatoms. The third-order valence-corrected chi connectivity index (χ3v) is 4.85. The number of carbonyl (C=O) groups is 4. The monoisotopic (exact) mass is 423 g/mol. The number of amides is 3. The number of nitrogens with one attached hydrogen (secondary N) is 2. The predicted octanol–water partition coefficient (Wildman–Crippen LogP) is 2.17. The second-order valence-corrected chi connectivity index (χ2v) is 7.20. The van der Waals surface area contributed by atoms with Crippen LogP contribution in [0.5, 0.6) is 5.75 Å². The molecule has 0 fully saturated rings. The first-order valence-electron chi connectivity index (χ1n) is 10.2. The Bertz CT molecular complexity index is 971. The highest BCUT2D eigenvalue weighted by Crippen LogP contribution is 2.31. The molecule has 0 aromatic heterocycles. The largest absolute Gasteiger partial charge is 0.482 e. The van der Waals surface area contributed by atoms with E-state index in [0.717, 1.165) is 12.8 Å². The first-order chi connectivity index (χ1) is 15.0. The summed E-state index contributed by atoms with van der Waals surface area (Å²) < 4.78 is 5.33. The van der Waals surface area contributed by atoms with E-state index in [1.165, 1.54) is 10.5 Å². The van der Waals surface area contributed by atoms with Gasteiger partial charge in [-0.15, -0.1) is 0 Å². The van der Waals surface area contributed by atoms with Gasteiger partial charge in [0.1, 0.15) is 12.3 Å². The molecule has 162 valence electrons. The number of Topliss-reactive ketones (excluding diaryl/α,β-unsaturated/α-hetero) is 1. The Morgan fingerprint density at radius 3 is 2.42 bits per heavy atom. The van der Waals surface area contributed by atoms with Crippen LogP contribution < -0.4 is 20.5 Å². The minimum atomic E-state index is -0.559. The van der Waals surface area contributed by atoms with Gasteiger partial charge < -0.3 is 4.74 Å². The van der Waals surface area contributed by atoms with Gasteiger partial charge in [-0.25, -0.2) is 0 Å². The normalized spacial score (nSPS) is 12.5. The lowest BCUT2D eigenvalue weighted by atomic mass is 10.0. The van der Waals surface area contributed by atoms with Crippen LogP contribution in [0.3, 0.4) is 0 Å². The second kappa shape index (κ2) is 10.4. The topological polar surface area (TPSA) is 105 Å². The SMILES string of the molecule is CCCc1ccc(C(=O)CCC(=O)NNC(=O)CN2C(=O)COc3ccccc32)cc1. The Kier molecular flexibility index (Phi) is 7.37. The molecule has 0 unspecified atom stereocenters. The van der Waals surface area contributed by atoms with Crippen LogP contribution in [0.1, 0.15) is 42.1 Å². The van der Waals surface area contributed by atoms with Crippen LogP contribution in [0, 0.1) is 0 Å². The Morgan fingerprint density at radius 2 is 1.68 bits per heavy atom. The average Bonchev–Trinajstić information content (AvgIpc) is 2.78. The van der Waals surface area contributed by atoms with Crippen molar-refractivity contribution in [2.75, 3.05) is 18.1 Å². The van der Waals surface area contributed by atoms with Crippen LogP contribution in [-0.4, -0.2) is 36.7 Å². The zero-order valence-corrected chi connectivity index (χ0v) is 17.3. The first-order valence-corrected chi connectivity index (χ1v) is 10.2. The van der Waals surface area contributed by atoms with Crippen molar-refractivity contribution in [3.05, 3.63) is 59.7 Å². The third-order valence-electron chi connectivity index (χ3n) is 4.85. The van der Waals surface area contributed by atoms with Gasteiger partial charge in [-0.3, -0.25) is 34.9 Å². The highest BCUT2D eigenvalue weighted by atomic mass is 16.5. The number of anilines is 1. The Morgan fingerprint density at radius 1 is 0.968 bits per heavy atom. The lowest BCUT2D eigenvalue weighted by molar-refractivity contribution is -0.129. The first kappa shape index (κ1) is 22.0. The maximum absolute atomic E-state index is 12.2. The number of hydrogen-bond donors (Lipinski definition) is 2. The molecule has 1 aliphatic rings. The summed E-state index contributed by atoms with van der Waals surface area (Å²) in [5.41, 5.74) is 6.79. The number of hydrazine groups is 1. The molecule has 2 aromatic rings. The molecule has 3 rings (SSSR count). The van der Waals surface area contributed by atoms with Gasteiger partial charge in [-0.1, -0.05) is 49.7 Å². The van der Waals surface area contributed by atoms with Gasteiger partial charge in [-0.05, 0) is 24.1 Å². The summed E-state index contributed by atoms with van der Waals surface area (Å²) in [7, 11) is 0. The van der Waals surface area contributed by atoms with Gasteiger partial charge in [0.15, 0.2) is 12.4 Å². The van der Waals surface area contributed by atoms with E-state index in [4.69, 9.17) is 4.74 Å². The van der Waals surface area contributed by atoms with E-state index in [1.807, 2.05) is 12.1 Å². The summed E-state index contributed by atoms with van der Waals surface area (Å²) in [5.74, 6) is -1.02. The number of ether oxygens (including phenoxy) is 1. The molecule has 0 saturated carbocycles. The molecular weight excluding hydrogens is 398 g/mol. The molecule has 2 N–H and O–H groups in total. The summed E-state index contributed by atoms with van der Waals surface area (Å²) in [6, 6.07) is 14.3. The molecule has 0 bridgehead atoms. The van der Waals surface area contributed by atoms with Gasteiger partial charge in [-0.2, -0.15) is 0 Å². The van der Waals surface area contributed by atoms with Gasteiger partial charge >= 0.3 is 0 Å². The van der Waals surface area contributed by atoms with E-state index in [2.05, 4.69) is 17.8 Å². The molecule has 0 radical (unpaired) electrons. The minimum absolute atomic E-state index is 0.0319. The van der Waals surface area contributed by atoms with Crippen LogP contribution in [0.15, 0.2) is 48.5 Å². The van der Waals surface area contributed by atoms with Crippen molar-refractivity contribution in [2.24, 2.45) is 0 Å². The quantitative estimate of drug-likeness (QED) is 0.500. The van der Waals surface area contributed by atoms with Crippen molar-refractivity contribution in [2.45, 2.75) is 32.6 Å². The smallest absolute Gasteiger partial charge is 0.265 e. The molecule has 31 heavy (non-hydrogen) atoms. The number of carbonyl (C=O) groups excluding carboxylic acids is 4. The Labute approximate surface area is 180 Å². The van der Waals surface area contributed by atoms with Crippen molar-refractivity contribution in [1.82, 2.24) is 10.9 Å². The maximum atomic E-state index is 12.2. The van der Waals surface area contributed by atoms with E-state index < -0.39 is 11.8 Å². The van der Waals surface area contributed by atoms with Crippen LogP contribution in [0.4, 0.5) is 5.69 Å². The van der Waals surface area contributed by atoms with Gasteiger partial charge in [0.05, 0.1) is 5.69 Å². The van der Waals surface area contributed by atoms with Crippen LogP contribution in [0.25, 0.3) is 0 Å². The highest BCUT2D eigenvalue weighted by Gasteiger charge is 2.27. The van der Waals surface area contributed by atoms with Gasteiger partial charge in [0, 0.05) is 18.4 Å². The fourth-order valence-electron chi connectivity index (χ4n) is 3.23. The predicted molar refractivity (Wildman–Crippen MR) is 115 cm³/mol. The van der Waals surface area contributed by atoms with E-state index in [-0.39, 0.29) is 37.7 Å². The summed E-state index contributed by atoms with van der Waals surface area (Å²) in [4.78, 5) is 49.8. The Balaban J connectivity index is 1.44. The van der Waals surface area contributed by atoms with Crippen LogP contribution in [0.2, 0.25) is 0 Å². The average molecular weight is 423 g/mol. The molecule has 0 spiro atoms. The van der Waals surface area contributed by atoms with Crippen molar-refractivity contribution in [1.29, 1.82) is 0 Å². The molecule has 0 atom stereocenters. The molecule has 2 aromatic carbocycles. The lowest BCUT2D eigenvalue weighted by Gasteiger charge is -2.28. The zero-order valence-electron chi connectivity index (χ0n) is 17.3. The number of fused-ring (bicyclic) bond motifs is 1. The number of hydrogen-bond acceptors (Lipinski definition) is 5. The van der Waals surface area contributed by atoms with E-state index >= 15 is 0 Å². The number of para-hydroxylation sites is 2. The number of ketones is 1. The highest BCUT2D eigenvalue weighted by molar-refractivity contribution is 6.02. The van der Waals surface area contributed by atoms with Crippen molar-refractivity contribution in [3.63, 3.8) is 0 Å². The summed E-state index contributed by atoms with van der Waals surface area (Å²) >= 11 is 0. The summed E-state index contributed by atoms with van der Waals surface area (Å²) in [5, 5.41) is 0. The van der Waals surface area contributed by atoms with Crippen molar-refractivity contribution in [3.8, 4) is 5.75 Å². The third kappa shape index (κ3) is 5.91. The van der Waals surface area contributed by atoms with Crippen LogP contribution >= 0.6 is 0 Å². The lowest BCUT2D eigenvalue weighted by Crippen LogP contribution is -2.49. The van der Waals surface area contributed by atoms with E-state index in [1.54, 1.807) is 36.4 Å². The molecule has 8 nitrogen and oxygen atoms in total. The summed E-state index contributed by atoms with van der Waals surface area (Å²) in [6.45, 7) is 1.68.